The number of hydrogen-bond acceptors (Lipinski definition) is 5. The number of carbonyl (C=O) groups excluding carboxylic acids is 1. The van der Waals surface area contributed by atoms with Gasteiger partial charge < -0.3 is 10.1 Å². The number of hydrogen-bond donors (Lipinski definition) is 1. The molecule has 0 fully saturated rings. The second-order valence-corrected chi connectivity index (χ2v) is 7.40. The fraction of sp³-hybridized carbons (Fsp3) is 0.0476. The molecule has 134 valence electrons. The molecule has 0 aliphatic rings. The molecule has 0 aliphatic carbocycles. The van der Waals surface area contributed by atoms with E-state index in [2.05, 4.69) is 21.7 Å². The van der Waals surface area contributed by atoms with Gasteiger partial charge in [-0.15, -0.1) is 11.3 Å². The van der Waals surface area contributed by atoms with Crippen LogP contribution in [0.4, 0.5) is 5.69 Å². The van der Waals surface area contributed by atoms with Gasteiger partial charge in [-0.3, -0.25) is 4.79 Å². The first-order valence-corrected chi connectivity index (χ1v) is 10.2. The normalized spacial score (nSPS) is 10.5. The van der Waals surface area contributed by atoms with Crippen LogP contribution >= 0.6 is 22.7 Å². The molecule has 27 heavy (non-hydrogen) atoms. The van der Waals surface area contributed by atoms with Crippen molar-refractivity contribution >= 4 is 34.3 Å². The van der Waals surface area contributed by atoms with Crippen molar-refractivity contribution < 1.29 is 9.53 Å². The number of anilines is 1. The minimum Gasteiger partial charge on any atom is -0.486 e. The van der Waals surface area contributed by atoms with E-state index in [0.29, 0.717) is 17.9 Å². The molecule has 4 aromatic rings. The zero-order chi connectivity index (χ0) is 18.5. The van der Waals surface area contributed by atoms with E-state index in [-0.39, 0.29) is 5.91 Å². The molecule has 4 nitrogen and oxygen atoms in total. The molecule has 0 aliphatic heterocycles. The summed E-state index contributed by atoms with van der Waals surface area (Å²) in [5.74, 6) is 0.338. The number of benzene rings is 2. The van der Waals surface area contributed by atoms with Crippen molar-refractivity contribution in [2.75, 3.05) is 5.32 Å². The van der Waals surface area contributed by atoms with Crippen molar-refractivity contribution in [1.29, 1.82) is 0 Å². The minimum atomic E-state index is -0.200. The Morgan fingerprint density at radius 3 is 2.63 bits per heavy atom. The van der Waals surface area contributed by atoms with Gasteiger partial charge in [-0.05, 0) is 35.7 Å². The lowest BCUT2D eigenvalue weighted by atomic mass is 10.2. The van der Waals surface area contributed by atoms with Gasteiger partial charge in [0, 0.05) is 22.0 Å². The second kappa shape index (κ2) is 8.16. The molecule has 0 saturated carbocycles. The summed E-state index contributed by atoms with van der Waals surface area (Å²) in [7, 11) is 0. The monoisotopic (exact) mass is 392 g/mol. The Morgan fingerprint density at radius 2 is 1.81 bits per heavy atom. The highest BCUT2D eigenvalue weighted by atomic mass is 32.1. The Hall–Kier alpha value is -2.96. The molecule has 0 bridgehead atoms. The molecule has 0 atom stereocenters. The first kappa shape index (κ1) is 17.5. The number of para-hydroxylation sites is 2. The Balaban J connectivity index is 1.46. The first-order chi connectivity index (χ1) is 13.3. The molecule has 2 aromatic heterocycles. The summed E-state index contributed by atoms with van der Waals surface area (Å²) >= 11 is 3.24. The number of nitrogens with zero attached hydrogens (tertiary/aromatic N) is 1. The first-order valence-electron chi connectivity index (χ1n) is 8.35. The van der Waals surface area contributed by atoms with Gasteiger partial charge in [0.15, 0.2) is 0 Å². The standard InChI is InChI=1S/C21H16N2O2S2/c24-20(22-16-6-2-1-3-7-16)18-8-4-5-9-19(18)25-12-17-14-27-21(23-17)15-10-11-26-13-15/h1-11,13-14H,12H2,(H,22,24). The number of carbonyl (C=O) groups is 1. The van der Waals surface area contributed by atoms with Crippen LogP contribution in [-0.4, -0.2) is 10.9 Å². The van der Waals surface area contributed by atoms with E-state index >= 15 is 0 Å². The lowest BCUT2D eigenvalue weighted by molar-refractivity contribution is 0.102. The number of amides is 1. The molecule has 0 saturated heterocycles. The van der Waals surface area contributed by atoms with Crippen LogP contribution in [0.3, 0.4) is 0 Å². The van der Waals surface area contributed by atoms with Crippen LogP contribution in [-0.2, 0) is 6.61 Å². The maximum Gasteiger partial charge on any atom is 0.259 e. The highest BCUT2D eigenvalue weighted by Crippen LogP contribution is 2.27. The zero-order valence-corrected chi connectivity index (χ0v) is 15.9. The molecule has 0 radical (unpaired) electrons. The maximum atomic E-state index is 12.6. The van der Waals surface area contributed by atoms with Crippen molar-refractivity contribution in [2.45, 2.75) is 6.61 Å². The van der Waals surface area contributed by atoms with Crippen molar-refractivity contribution in [1.82, 2.24) is 4.98 Å². The van der Waals surface area contributed by atoms with Crippen molar-refractivity contribution in [2.24, 2.45) is 0 Å². The fourth-order valence-electron chi connectivity index (χ4n) is 2.54. The molecule has 1 amide bonds. The predicted molar refractivity (Wildman–Crippen MR) is 111 cm³/mol. The Kier molecular flexibility index (Phi) is 5.27. The van der Waals surface area contributed by atoms with Crippen LogP contribution in [0, 0.1) is 0 Å². The van der Waals surface area contributed by atoms with E-state index in [1.807, 2.05) is 53.2 Å². The molecule has 2 heterocycles. The van der Waals surface area contributed by atoms with Crippen LogP contribution in [0.15, 0.2) is 76.8 Å². The Morgan fingerprint density at radius 1 is 1.00 bits per heavy atom. The number of rotatable bonds is 6. The van der Waals surface area contributed by atoms with Crippen LogP contribution in [0.1, 0.15) is 16.1 Å². The van der Waals surface area contributed by atoms with E-state index in [9.17, 15) is 4.79 Å². The number of thiophene rings is 1. The predicted octanol–water partition coefficient (Wildman–Crippen LogP) is 5.70. The highest BCUT2D eigenvalue weighted by Gasteiger charge is 2.13. The molecule has 0 unspecified atom stereocenters. The van der Waals surface area contributed by atoms with E-state index in [1.165, 1.54) is 0 Å². The smallest absolute Gasteiger partial charge is 0.259 e. The quantitative estimate of drug-likeness (QED) is 0.458. The van der Waals surface area contributed by atoms with E-state index < -0.39 is 0 Å². The SMILES string of the molecule is O=C(Nc1ccccc1)c1ccccc1OCc1csc(-c2ccsc2)n1. The van der Waals surface area contributed by atoms with Gasteiger partial charge in [-0.25, -0.2) is 4.98 Å². The molecular formula is C21H16N2O2S2. The third-order valence-corrected chi connectivity index (χ3v) is 5.48. The average Bonchev–Trinajstić information content (AvgIpc) is 3.39. The Labute approximate surface area is 165 Å². The van der Waals surface area contributed by atoms with Crippen LogP contribution < -0.4 is 10.1 Å². The van der Waals surface area contributed by atoms with Crippen molar-refractivity contribution in [3.05, 3.63) is 88.1 Å². The van der Waals surface area contributed by atoms with Gasteiger partial charge in [0.05, 0.1) is 11.3 Å². The van der Waals surface area contributed by atoms with Gasteiger partial charge in [0.2, 0.25) is 0 Å². The summed E-state index contributed by atoms with van der Waals surface area (Å²) in [6.45, 7) is 0.316. The molecule has 0 spiro atoms. The third kappa shape index (κ3) is 4.24. The maximum absolute atomic E-state index is 12.6. The molecule has 4 rings (SSSR count). The van der Waals surface area contributed by atoms with Gasteiger partial charge in [-0.1, -0.05) is 30.3 Å². The van der Waals surface area contributed by atoms with Crippen molar-refractivity contribution in [3.63, 3.8) is 0 Å². The minimum absolute atomic E-state index is 0.200. The second-order valence-electron chi connectivity index (χ2n) is 5.76. The van der Waals surface area contributed by atoms with Gasteiger partial charge in [-0.2, -0.15) is 11.3 Å². The molecular weight excluding hydrogens is 376 g/mol. The average molecular weight is 393 g/mol. The summed E-state index contributed by atoms with van der Waals surface area (Å²) in [6, 6.07) is 18.7. The van der Waals surface area contributed by atoms with E-state index in [1.54, 1.807) is 34.8 Å². The largest absolute Gasteiger partial charge is 0.486 e. The van der Waals surface area contributed by atoms with Gasteiger partial charge in [0.1, 0.15) is 17.4 Å². The summed E-state index contributed by atoms with van der Waals surface area (Å²) in [6.07, 6.45) is 0. The third-order valence-electron chi connectivity index (χ3n) is 3.86. The number of nitrogens with one attached hydrogen (secondary N) is 1. The summed E-state index contributed by atoms with van der Waals surface area (Å²) in [4.78, 5) is 17.2. The van der Waals surface area contributed by atoms with E-state index in [0.717, 1.165) is 22.0 Å². The topological polar surface area (TPSA) is 51.2 Å². The number of thiazole rings is 1. The lowest BCUT2D eigenvalue weighted by Gasteiger charge is -2.11. The fourth-order valence-corrected chi connectivity index (χ4v) is 4.06. The Bertz CT molecular complexity index is 1030. The highest BCUT2D eigenvalue weighted by molar-refractivity contribution is 7.14. The summed E-state index contributed by atoms with van der Waals surface area (Å²) < 4.78 is 5.90. The van der Waals surface area contributed by atoms with Crippen LogP contribution in [0.2, 0.25) is 0 Å². The molecule has 1 N–H and O–H groups in total. The number of ether oxygens (including phenoxy) is 1. The molecule has 6 heteroatoms. The van der Waals surface area contributed by atoms with Crippen LogP contribution in [0.25, 0.3) is 10.6 Å². The van der Waals surface area contributed by atoms with Gasteiger partial charge >= 0.3 is 0 Å². The number of aromatic nitrogens is 1. The van der Waals surface area contributed by atoms with Crippen molar-refractivity contribution in [3.8, 4) is 16.3 Å². The van der Waals surface area contributed by atoms with Crippen LogP contribution in [0.5, 0.6) is 5.75 Å². The lowest BCUT2D eigenvalue weighted by Crippen LogP contribution is -2.13. The summed E-state index contributed by atoms with van der Waals surface area (Å²) in [5.41, 5.74) is 3.21. The molecule has 2 aromatic carbocycles. The van der Waals surface area contributed by atoms with Gasteiger partial charge in [0.25, 0.3) is 5.91 Å². The van der Waals surface area contributed by atoms with E-state index in [4.69, 9.17) is 4.74 Å². The zero-order valence-electron chi connectivity index (χ0n) is 14.3. The summed E-state index contributed by atoms with van der Waals surface area (Å²) in [5, 5.41) is 9.96.